The number of aliphatic hydroxyl groups is 1. The van der Waals surface area contributed by atoms with E-state index in [1.54, 1.807) is 13.0 Å². The summed E-state index contributed by atoms with van der Waals surface area (Å²) in [4.78, 5) is 30.6. The molecule has 0 spiro atoms. The largest absolute Gasteiger partial charge is 0.394 e. The van der Waals surface area contributed by atoms with Crippen LogP contribution in [0.25, 0.3) is 0 Å². The SMILES string of the molecule is CC.Cc1ccc(Nc2c(C(=O)NOCCO)cc(CN3CCCC3=O)c(F)c2F)c(F)c1. The fourth-order valence-electron chi connectivity index (χ4n) is 3.25. The number of nitrogens with zero attached hydrogens (tertiary/aromatic N) is 1. The fraction of sp³-hybridized carbons (Fsp3) is 0.391. The van der Waals surface area contributed by atoms with Crippen molar-refractivity contribution in [3.63, 3.8) is 0 Å². The molecule has 0 atom stereocenters. The number of benzene rings is 2. The third-order valence-electron chi connectivity index (χ3n) is 4.80. The van der Waals surface area contributed by atoms with E-state index in [1.807, 2.05) is 19.3 Å². The number of hydrogen-bond acceptors (Lipinski definition) is 5. The van der Waals surface area contributed by atoms with Gasteiger partial charge in [0.25, 0.3) is 5.91 Å². The van der Waals surface area contributed by atoms with Gasteiger partial charge in [0.05, 0.1) is 30.2 Å². The lowest BCUT2D eigenvalue weighted by molar-refractivity contribution is -0.128. The summed E-state index contributed by atoms with van der Waals surface area (Å²) in [5.74, 6) is -4.48. The molecule has 180 valence electrons. The molecule has 1 fully saturated rings. The molecule has 10 heteroatoms. The van der Waals surface area contributed by atoms with Gasteiger partial charge in [0, 0.05) is 25.1 Å². The van der Waals surface area contributed by atoms with Crippen molar-refractivity contribution in [3.05, 3.63) is 58.4 Å². The summed E-state index contributed by atoms with van der Waals surface area (Å²) in [6.45, 7) is 5.26. The molecule has 2 aromatic carbocycles. The van der Waals surface area contributed by atoms with Gasteiger partial charge in [-0.15, -0.1) is 0 Å². The van der Waals surface area contributed by atoms with E-state index in [1.165, 1.54) is 17.0 Å². The number of rotatable bonds is 8. The molecular weight excluding hydrogens is 439 g/mol. The molecule has 1 saturated heterocycles. The maximum atomic E-state index is 15.0. The maximum absolute atomic E-state index is 15.0. The van der Waals surface area contributed by atoms with Crippen LogP contribution < -0.4 is 10.8 Å². The number of likely N-dealkylation sites (tertiary alicyclic amines) is 1. The minimum absolute atomic E-state index is 0.156. The minimum atomic E-state index is -1.39. The lowest BCUT2D eigenvalue weighted by atomic mass is 10.0. The Morgan fingerprint density at radius 3 is 2.52 bits per heavy atom. The molecule has 0 saturated carbocycles. The fourth-order valence-corrected chi connectivity index (χ4v) is 3.25. The summed E-state index contributed by atoms with van der Waals surface area (Å²) in [6.07, 6.45) is 0.927. The van der Waals surface area contributed by atoms with Crippen LogP contribution in [-0.4, -0.2) is 41.6 Å². The van der Waals surface area contributed by atoms with Gasteiger partial charge in [-0.05, 0) is 37.1 Å². The van der Waals surface area contributed by atoms with E-state index in [2.05, 4.69) is 5.32 Å². The zero-order valence-corrected chi connectivity index (χ0v) is 18.8. The summed E-state index contributed by atoms with van der Waals surface area (Å²) in [6, 6.07) is 5.20. The molecule has 1 heterocycles. The van der Waals surface area contributed by atoms with E-state index < -0.39 is 29.0 Å². The molecule has 2 amide bonds. The average Bonchev–Trinajstić information content (AvgIpc) is 3.20. The van der Waals surface area contributed by atoms with Crippen LogP contribution in [-0.2, 0) is 16.2 Å². The number of aryl methyl sites for hydroxylation is 1. The minimum Gasteiger partial charge on any atom is -0.394 e. The summed E-state index contributed by atoms with van der Waals surface area (Å²) >= 11 is 0. The number of hydroxylamine groups is 1. The molecule has 3 N–H and O–H groups in total. The van der Waals surface area contributed by atoms with Crippen LogP contribution >= 0.6 is 0 Å². The highest BCUT2D eigenvalue weighted by Gasteiger charge is 2.27. The van der Waals surface area contributed by atoms with Gasteiger partial charge in [-0.1, -0.05) is 19.9 Å². The van der Waals surface area contributed by atoms with Crippen molar-refractivity contribution in [3.8, 4) is 0 Å². The standard InChI is InChI=1S/C21H22F3N3O4.C2H6/c1-12-4-5-16(15(22)9-12)25-20-14(21(30)26-31-8-7-28)10-13(18(23)19(20)24)11-27-6-2-3-17(27)29;1-2/h4-5,9-10,25,28H,2-3,6-8,11H2,1H3,(H,26,30);1-2H3. The number of carbonyl (C=O) groups excluding carboxylic acids is 2. The number of anilines is 2. The molecule has 0 radical (unpaired) electrons. The maximum Gasteiger partial charge on any atom is 0.277 e. The van der Waals surface area contributed by atoms with E-state index in [9.17, 15) is 18.4 Å². The molecule has 7 nitrogen and oxygen atoms in total. The first-order valence-electron chi connectivity index (χ1n) is 10.7. The van der Waals surface area contributed by atoms with Crippen molar-refractivity contribution in [2.24, 2.45) is 0 Å². The lowest BCUT2D eigenvalue weighted by Crippen LogP contribution is -2.28. The number of nitrogens with one attached hydrogen (secondary N) is 2. The second-order valence-corrected chi connectivity index (χ2v) is 7.12. The predicted molar refractivity (Wildman–Crippen MR) is 117 cm³/mol. The number of aliphatic hydroxyl groups excluding tert-OH is 1. The van der Waals surface area contributed by atoms with Gasteiger partial charge in [0.2, 0.25) is 5.91 Å². The van der Waals surface area contributed by atoms with Crippen LogP contribution in [0.3, 0.4) is 0 Å². The van der Waals surface area contributed by atoms with Gasteiger partial charge < -0.3 is 15.3 Å². The van der Waals surface area contributed by atoms with Crippen LogP contribution in [0.15, 0.2) is 24.3 Å². The molecule has 33 heavy (non-hydrogen) atoms. The Morgan fingerprint density at radius 1 is 1.18 bits per heavy atom. The Kier molecular flexibility index (Phi) is 9.68. The Balaban J connectivity index is 0.00000187. The van der Waals surface area contributed by atoms with Gasteiger partial charge in [0.1, 0.15) is 5.82 Å². The summed E-state index contributed by atoms with van der Waals surface area (Å²) < 4.78 is 44.1. The number of halogens is 3. The van der Waals surface area contributed by atoms with E-state index >= 15 is 4.39 Å². The molecule has 2 aromatic rings. The van der Waals surface area contributed by atoms with Gasteiger partial charge in [-0.2, -0.15) is 0 Å². The second-order valence-electron chi connectivity index (χ2n) is 7.12. The highest BCUT2D eigenvalue weighted by atomic mass is 19.2. The summed E-state index contributed by atoms with van der Waals surface area (Å²) in [5, 5.41) is 11.2. The molecule has 1 aliphatic heterocycles. The van der Waals surface area contributed by atoms with E-state index in [0.717, 1.165) is 6.07 Å². The van der Waals surface area contributed by atoms with Crippen LogP contribution in [0.4, 0.5) is 24.5 Å². The summed E-state index contributed by atoms with van der Waals surface area (Å²) in [5.41, 5.74) is 1.36. The molecule has 0 bridgehead atoms. The highest BCUT2D eigenvalue weighted by molar-refractivity contribution is 6.00. The van der Waals surface area contributed by atoms with E-state index in [4.69, 9.17) is 9.94 Å². The van der Waals surface area contributed by atoms with Crippen LogP contribution in [0.2, 0.25) is 0 Å². The Bertz CT molecular complexity index is 1000. The van der Waals surface area contributed by atoms with Gasteiger partial charge in [0.15, 0.2) is 11.6 Å². The Morgan fingerprint density at radius 2 is 1.91 bits per heavy atom. The number of carbonyl (C=O) groups is 2. The van der Waals surface area contributed by atoms with Crippen LogP contribution in [0.5, 0.6) is 0 Å². The first-order valence-corrected chi connectivity index (χ1v) is 10.7. The van der Waals surface area contributed by atoms with Crippen LogP contribution in [0, 0.1) is 24.4 Å². The van der Waals surface area contributed by atoms with E-state index in [-0.39, 0.29) is 42.5 Å². The predicted octanol–water partition coefficient (Wildman–Crippen LogP) is 3.96. The highest BCUT2D eigenvalue weighted by Crippen LogP contribution is 2.31. The van der Waals surface area contributed by atoms with Crippen molar-refractivity contribution >= 4 is 23.2 Å². The van der Waals surface area contributed by atoms with Gasteiger partial charge in [-0.3, -0.25) is 14.4 Å². The number of hydrogen-bond donors (Lipinski definition) is 3. The van der Waals surface area contributed by atoms with Crippen molar-refractivity contribution in [1.82, 2.24) is 10.4 Å². The van der Waals surface area contributed by atoms with Crippen molar-refractivity contribution in [1.29, 1.82) is 0 Å². The Labute approximate surface area is 190 Å². The van der Waals surface area contributed by atoms with Gasteiger partial charge in [-0.25, -0.2) is 18.7 Å². The molecule has 0 aliphatic carbocycles. The zero-order chi connectivity index (χ0) is 24.5. The molecular formula is C23H28F3N3O4. The first kappa shape index (κ1) is 26.1. The smallest absolute Gasteiger partial charge is 0.277 e. The third-order valence-corrected chi connectivity index (χ3v) is 4.80. The van der Waals surface area contributed by atoms with Crippen LogP contribution in [0.1, 0.15) is 48.2 Å². The Hall–Kier alpha value is -3.11. The number of amides is 2. The van der Waals surface area contributed by atoms with Crippen molar-refractivity contribution in [2.75, 3.05) is 25.1 Å². The molecule has 0 aromatic heterocycles. The second kappa shape index (κ2) is 12.2. The summed E-state index contributed by atoms with van der Waals surface area (Å²) in [7, 11) is 0. The average molecular weight is 467 g/mol. The lowest BCUT2D eigenvalue weighted by Gasteiger charge is -2.20. The van der Waals surface area contributed by atoms with Crippen molar-refractivity contribution < 1.29 is 32.7 Å². The molecule has 0 unspecified atom stereocenters. The zero-order valence-electron chi connectivity index (χ0n) is 18.8. The van der Waals surface area contributed by atoms with Crippen molar-refractivity contribution in [2.45, 2.75) is 40.2 Å². The topological polar surface area (TPSA) is 90.9 Å². The normalized spacial score (nSPS) is 12.9. The molecule has 3 rings (SSSR count). The third kappa shape index (κ3) is 6.45. The quantitative estimate of drug-likeness (QED) is 0.404. The van der Waals surface area contributed by atoms with E-state index in [0.29, 0.717) is 24.9 Å². The monoisotopic (exact) mass is 467 g/mol. The first-order chi connectivity index (χ1) is 15.8. The molecule has 1 aliphatic rings. The van der Waals surface area contributed by atoms with Gasteiger partial charge >= 0.3 is 0 Å².